The van der Waals surface area contributed by atoms with Crippen LogP contribution in [0.3, 0.4) is 0 Å². The van der Waals surface area contributed by atoms with E-state index >= 15 is 0 Å². The van der Waals surface area contributed by atoms with Crippen LogP contribution in [0.25, 0.3) is 0 Å². The highest BCUT2D eigenvalue weighted by atomic mass is 32.2. The van der Waals surface area contributed by atoms with Crippen molar-refractivity contribution < 1.29 is 18.3 Å². The van der Waals surface area contributed by atoms with E-state index in [2.05, 4.69) is 0 Å². The lowest BCUT2D eigenvalue weighted by Crippen LogP contribution is -2.48. The second-order valence-electron chi connectivity index (χ2n) is 5.56. The Morgan fingerprint density at radius 1 is 1.37 bits per heavy atom. The molecule has 1 N–H and O–H groups in total. The van der Waals surface area contributed by atoms with Crippen molar-refractivity contribution in [2.45, 2.75) is 51.7 Å². The maximum atomic E-state index is 12.6. The standard InChI is InChI=1S/C13H25NO4S/c1-4-6-12(5-2)19(17,18)14-8-10(3)7-11(9-14)13(15)16/h10-12H,4-9H2,1-3H3,(H,15,16). The number of aliphatic carboxylic acids is 1. The van der Waals surface area contributed by atoms with Gasteiger partial charge in [0.15, 0.2) is 0 Å². The highest BCUT2D eigenvalue weighted by molar-refractivity contribution is 7.89. The third-order valence-electron chi connectivity index (χ3n) is 3.82. The molecule has 0 bridgehead atoms. The minimum Gasteiger partial charge on any atom is -0.481 e. The number of hydrogen-bond donors (Lipinski definition) is 1. The van der Waals surface area contributed by atoms with Crippen LogP contribution in [0.15, 0.2) is 0 Å². The number of sulfonamides is 1. The molecule has 0 aliphatic carbocycles. The highest BCUT2D eigenvalue weighted by Gasteiger charge is 2.38. The van der Waals surface area contributed by atoms with Gasteiger partial charge in [0.25, 0.3) is 0 Å². The summed E-state index contributed by atoms with van der Waals surface area (Å²) in [5, 5.41) is 8.74. The van der Waals surface area contributed by atoms with Crippen molar-refractivity contribution in [1.29, 1.82) is 0 Å². The minimum atomic E-state index is -3.37. The summed E-state index contributed by atoms with van der Waals surface area (Å²) in [4.78, 5) is 11.1. The normalized spacial score (nSPS) is 27.1. The van der Waals surface area contributed by atoms with Crippen LogP contribution in [0.5, 0.6) is 0 Å². The molecule has 1 saturated heterocycles. The Morgan fingerprint density at radius 2 is 2.00 bits per heavy atom. The molecule has 0 saturated carbocycles. The van der Waals surface area contributed by atoms with Crippen molar-refractivity contribution in [2.24, 2.45) is 11.8 Å². The van der Waals surface area contributed by atoms with Gasteiger partial charge >= 0.3 is 5.97 Å². The average molecular weight is 291 g/mol. The Morgan fingerprint density at radius 3 is 2.47 bits per heavy atom. The molecule has 3 unspecified atom stereocenters. The summed E-state index contributed by atoms with van der Waals surface area (Å²) in [6, 6.07) is 0. The quantitative estimate of drug-likeness (QED) is 0.811. The van der Waals surface area contributed by atoms with E-state index < -0.39 is 21.9 Å². The average Bonchev–Trinajstić information content (AvgIpc) is 2.34. The largest absolute Gasteiger partial charge is 0.481 e. The summed E-state index contributed by atoms with van der Waals surface area (Å²) in [6.45, 7) is 6.34. The Hall–Kier alpha value is -0.620. The Kier molecular flexibility index (Phi) is 5.80. The molecule has 1 aliphatic heterocycles. The number of hydrogen-bond acceptors (Lipinski definition) is 3. The molecule has 1 fully saturated rings. The number of carboxylic acids is 1. The minimum absolute atomic E-state index is 0.101. The van der Waals surface area contributed by atoms with Gasteiger partial charge in [0.05, 0.1) is 11.2 Å². The van der Waals surface area contributed by atoms with Gasteiger partial charge in [-0.3, -0.25) is 4.79 Å². The SMILES string of the molecule is CCCC(CC)S(=O)(=O)N1CC(C)CC(C(=O)O)C1. The van der Waals surface area contributed by atoms with Crippen molar-refractivity contribution >= 4 is 16.0 Å². The molecule has 0 aromatic heterocycles. The van der Waals surface area contributed by atoms with E-state index in [0.29, 0.717) is 25.8 Å². The molecule has 0 amide bonds. The van der Waals surface area contributed by atoms with Crippen molar-refractivity contribution in [3.05, 3.63) is 0 Å². The zero-order valence-electron chi connectivity index (χ0n) is 12.0. The van der Waals surface area contributed by atoms with Gasteiger partial charge in [0, 0.05) is 13.1 Å². The zero-order valence-corrected chi connectivity index (χ0v) is 12.8. The van der Waals surface area contributed by atoms with Gasteiger partial charge in [-0.15, -0.1) is 0 Å². The molecule has 0 radical (unpaired) electrons. The Bertz CT molecular complexity index is 407. The predicted octanol–water partition coefficient (Wildman–Crippen LogP) is 1.94. The van der Waals surface area contributed by atoms with E-state index in [4.69, 9.17) is 5.11 Å². The van der Waals surface area contributed by atoms with E-state index in [-0.39, 0.29) is 17.7 Å². The maximum Gasteiger partial charge on any atom is 0.307 e. The lowest BCUT2D eigenvalue weighted by molar-refractivity contribution is -0.143. The third kappa shape index (κ3) is 3.92. The second kappa shape index (κ2) is 6.70. The van der Waals surface area contributed by atoms with Gasteiger partial charge in [0.1, 0.15) is 0 Å². The van der Waals surface area contributed by atoms with Crippen molar-refractivity contribution in [2.75, 3.05) is 13.1 Å². The first-order valence-electron chi connectivity index (χ1n) is 7.04. The fraction of sp³-hybridized carbons (Fsp3) is 0.923. The summed E-state index contributed by atoms with van der Waals surface area (Å²) in [5.74, 6) is -1.36. The first-order chi connectivity index (χ1) is 8.82. The third-order valence-corrected chi connectivity index (χ3v) is 6.25. The molecular weight excluding hydrogens is 266 g/mol. The fourth-order valence-corrected chi connectivity index (χ4v) is 5.01. The number of carboxylic acid groups (broad SMARTS) is 1. The van der Waals surface area contributed by atoms with Crippen molar-refractivity contribution in [3.63, 3.8) is 0 Å². The molecule has 6 heteroatoms. The van der Waals surface area contributed by atoms with Gasteiger partial charge in [0.2, 0.25) is 10.0 Å². The van der Waals surface area contributed by atoms with Gasteiger partial charge in [-0.2, -0.15) is 0 Å². The monoisotopic (exact) mass is 291 g/mol. The van der Waals surface area contributed by atoms with Crippen molar-refractivity contribution in [1.82, 2.24) is 4.31 Å². The first-order valence-corrected chi connectivity index (χ1v) is 8.54. The lowest BCUT2D eigenvalue weighted by Gasteiger charge is -2.35. The van der Waals surface area contributed by atoms with Gasteiger partial charge < -0.3 is 5.11 Å². The molecule has 3 atom stereocenters. The van der Waals surface area contributed by atoms with E-state index in [1.54, 1.807) is 0 Å². The van der Waals surface area contributed by atoms with Crippen LogP contribution in [-0.2, 0) is 14.8 Å². The molecule has 0 spiro atoms. The Balaban J connectivity index is 2.90. The van der Waals surface area contributed by atoms with Gasteiger partial charge in [-0.05, 0) is 25.2 Å². The number of rotatable bonds is 6. The summed E-state index contributed by atoms with van der Waals surface area (Å²) < 4.78 is 26.5. The second-order valence-corrected chi connectivity index (χ2v) is 7.77. The van der Waals surface area contributed by atoms with Crippen LogP contribution >= 0.6 is 0 Å². The smallest absolute Gasteiger partial charge is 0.307 e. The predicted molar refractivity (Wildman–Crippen MR) is 74.4 cm³/mol. The van der Waals surface area contributed by atoms with Gasteiger partial charge in [-0.25, -0.2) is 12.7 Å². The van der Waals surface area contributed by atoms with E-state index in [0.717, 1.165) is 6.42 Å². The molecule has 112 valence electrons. The zero-order chi connectivity index (χ0) is 14.6. The lowest BCUT2D eigenvalue weighted by atomic mass is 9.92. The van der Waals surface area contributed by atoms with Crippen LogP contribution in [0.4, 0.5) is 0 Å². The van der Waals surface area contributed by atoms with Crippen LogP contribution < -0.4 is 0 Å². The highest BCUT2D eigenvalue weighted by Crippen LogP contribution is 2.27. The molecule has 0 aromatic rings. The summed E-state index contributed by atoms with van der Waals surface area (Å²) in [6.07, 6.45) is 2.61. The van der Waals surface area contributed by atoms with Crippen LogP contribution in [0.1, 0.15) is 46.5 Å². The summed E-state index contributed by atoms with van der Waals surface area (Å²) in [7, 11) is -3.37. The Labute approximate surface area is 116 Å². The van der Waals surface area contributed by atoms with Gasteiger partial charge in [-0.1, -0.05) is 27.2 Å². The molecule has 5 nitrogen and oxygen atoms in total. The van der Waals surface area contributed by atoms with Crippen LogP contribution in [0, 0.1) is 11.8 Å². The fourth-order valence-electron chi connectivity index (χ4n) is 2.79. The molecule has 1 aliphatic rings. The van der Waals surface area contributed by atoms with Crippen molar-refractivity contribution in [3.8, 4) is 0 Å². The van der Waals surface area contributed by atoms with E-state index in [1.165, 1.54) is 4.31 Å². The number of piperidine rings is 1. The molecule has 0 aromatic carbocycles. The molecule has 1 rings (SSSR count). The molecule has 19 heavy (non-hydrogen) atoms. The van der Waals surface area contributed by atoms with E-state index in [9.17, 15) is 13.2 Å². The van der Waals surface area contributed by atoms with Crippen LogP contribution in [0.2, 0.25) is 0 Å². The maximum absolute atomic E-state index is 12.6. The summed E-state index contributed by atoms with van der Waals surface area (Å²) in [5.41, 5.74) is 0. The number of nitrogens with zero attached hydrogens (tertiary/aromatic N) is 1. The summed E-state index contributed by atoms with van der Waals surface area (Å²) >= 11 is 0. The van der Waals surface area contributed by atoms with E-state index in [1.807, 2.05) is 20.8 Å². The topological polar surface area (TPSA) is 74.7 Å². The first kappa shape index (κ1) is 16.4. The molecule has 1 heterocycles. The van der Waals surface area contributed by atoms with Crippen LogP contribution in [-0.4, -0.2) is 42.1 Å². The number of carbonyl (C=O) groups is 1. The molecular formula is C13H25NO4S.